The Bertz CT molecular complexity index is 642. The predicted molar refractivity (Wildman–Crippen MR) is 81.3 cm³/mol. The quantitative estimate of drug-likeness (QED) is 0.545. The Labute approximate surface area is 144 Å². The van der Waals surface area contributed by atoms with Gasteiger partial charge in [0.25, 0.3) is 23.6 Å². The summed E-state index contributed by atoms with van der Waals surface area (Å²) >= 11 is 0. The summed E-state index contributed by atoms with van der Waals surface area (Å²) in [5, 5.41) is 0. The second-order valence-corrected chi connectivity index (χ2v) is 4.21. The van der Waals surface area contributed by atoms with Crippen LogP contribution < -0.4 is 9.80 Å². The van der Waals surface area contributed by atoms with Crippen LogP contribution in [0, 0.1) is 0 Å². The number of anilines is 2. The van der Waals surface area contributed by atoms with E-state index in [1.165, 1.54) is 30.4 Å². The van der Waals surface area contributed by atoms with Crippen molar-refractivity contribution in [2.24, 2.45) is 0 Å². The third-order valence-electron chi connectivity index (χ3n) is 2.96. The van der Waals surface area contributed by atoms with Gasteiger partial charge < -0.3 is 8.33 Å². The molecule has 2 heterocycles. The molecule has 0 aromatic heterocycles. The summed E-state index contributed by atoms with van der Waals surface area (Å²) in [6.45, 7) is 0. The fourth-order valence-electron chi connectivity index (χ4n) is 2.08. The van der Waals surface area contributed by atoms with E-state index >= 15 is 0 Å². The Morgan fingerprint density at radius 3 is 1.32 bits per heavy atom. The first kappa shape index (κ1) is 17.8. The van der Waals surface area contributed by atoms with Gasteiger partial charge in [0, 0.05) is 24.3 Å². The number of hydrogen-bond acceptors (Lipinski definition) is 4. The molecule has 0 bridgehead atoms. The van der Waals surface area contributed by atoms with Crippen molar-refractivity contribution in [1.29, 1.82) is 0 Å². The molecule has 0 saturated carbocycles. The summed E-state index contributed by atoms with van der Waals surface area (Å²) in [6.07, 6.45) is 4.68. The molecule has 2 N–H and O–H groups in total. The van der Waals surface area contributed by atoms with Gasteiger partial charge in [0.1, 0.15) is 0 Å². The van der Waals surface area contributed by atoms with Gasteiger partial charge in [-0.2, -0.15) is 0 Å². The molecular weight excluding hydrogens is 300 g/mol. The number of amides is 4. The Balaban J connectivity index is 0. The van der Waals surface area contributed by atoms with Crippen LogP contribution in [0.3, 0.4) is 0 Å². The number of carbonyl (C=O) groups excluding carboxylic acids is 4. The number of benzene rings is 1. The molecule has 22 heavy (non-hydrogen) atoms. The summed E-state index contributed by atoms with van der Waals surface area (Å²) in [5.74, 6) is -1.82. The molecule has 2 aliphatic rings. The van der Waals surface area contributed by atoms with Crippen LogP contribution >= 0.6 is 0 Å². The predicted octanol–water partition coefficient (Wildman–Crippen LogP) is -0.435. The van der Waals surface area contributed by atoms with E-state index in [1.807, 2.05) is 0 Å². The second-order valence-electron chi connectivity index (χ2n) is 4.21. The third-order valence-corrected chi connectivity index (χ3v) is 2.96. The van der Waals surface area contributed by atoms with Crippen molar-refractivity contribution in [3.8, 4) is 0 Å². The zero-order chi connectivity index (χ0) is 14.3. The molecule has 0 radical (unpaired) electrons. The molecule has 0 fully saturated rings. The maximum atomic E-state index is 11.6. The largest absolute Gasteiger partial charge is 2.00 e. The van der Waals surface area contributed by atoms with E-state index in [-0.39, 0.29) is 31.4 Å². The standard InChI is InChI=1S/C14H8N2O4.Mg.H2O.2H/c17-11-4-5-12(18)15(11)9-2-1-3-10(8-9)16-13(19)6-7-14(16)20;;;;/h1-8H;;1H2;;/q;+2;;2*-1. The van der Waals surface area contributed by atoms with Crippen LogP contribution in [0.2, 0.25) is 0 Å². The number of hydrogen-bond donors (Lipinski definition) is 0. The molecule has 0 atom stereocenters. The molecule has 3 rings (SSSR count). The van der Waals surface area contributed by atoms with E-state index in [1.54, 1.807) is 18.2 Å². The van der Waals surface area contributed by atoms with Crippen LogP contribution in [0.25, 0.3) is 0 Å². The number of imide groups is 2. The van der Waals surface area contributed by atoms with Gasteiger partial charge in [0.2, 0.25) is 0 Å². The van der Waals surface area contributed by atoms with E-state index in [0.717, 1.165) is 9.80 Å². The van der Waals surface area contributed by atoms with E-state index in [4.69, 9.17) is 0 Å². The Morgan fingerprint density at radius 2 is 1.00 bits per heavy atom. The van der Waals surface area contributed by atoms with Gasteiger partial charge in [0.05, 0.1) is 11.4 Å². The minimum atomic E-state index is -0.454. The Morgan fingerprint density at radius 1 is 0.682 bits per heavy atom. The first-order valence-electron chi connectivity index (χ1n) is 5.80. The summed E-state index contributed by atoms with van der Waals surface area (Å²) in [7, 11) is 0. The van der Waals surface area contributed by atoms with Crippen molar-refractivity contribution < 1.29 is 27.5 Å². The molecule has 4 amide bonds. The third kappa shape index (κ3) is 2.84. The van der Waals surface area contributed by atoms with E-state index in [9.17, 15) is 19.2 Å². The van der Waals surface area contributed by atoms with Crippen molar-refractivity contribution >= 4 is 58.1 Å². The van der Waals surface area contributed by atoms with Crippen molar-refractivity contribution in [3.05, 3.63) is 48.6 Å². The minimum absolute atomic E-state index is 0. The van der Waals surface area contributed by atoms with Gasteiger partial charge in [0.15, 0.2) is 0 Å². The topological polar surface area (TPSA) is 106 Å². The molecule has 0 saturated heterocycles. The Hall–Kier alpha value is -2.29. The molecular formula is C14H12MgN2O5. The first-order valence-corrected chi connectivity index (χ1v) is 5.80. The minimum Gasteiger partial charge on any atom is -1.00 e. The maximum Gasteiger partial charge on any atom is 2.00 e. The summed E-state index contributed by atoms with van der Waals surface area (Å²) in [4.78, 5) is 48.4. The van der Waals surface area contributed by atoms with Crippen molar-refractivity contribution in [1.82, 2.24) is 0 Å². The van der Waals surface area contributed by atoms with Gasteiger partial charge in [-0.3, -0.25) is 19.2 Å². The number of carbonyl (C=O) groups is 4. The maximum absolute atomic E-state index is 11.6. The molecule has 1 aromatic rings. The molecule has 110 valence electrons. The van der Waals surface area contributed by atoms with Crippen LogP contribution in [0.15, 0.2) is 48.6 Å². The van der Waals surface area contributed by atoms with Crippen LogP contribution in [0.5, 0.6) is 0 Å². The average molecular weight is 313 g/mol. The van der Waals surface area contributed by atoms with Crippen molar-refractivity contribution in [3.63, 3.8) is 0 Å². The van der Waals surface area contributed by atoms with Gasteiger partial charge in [-0.15, -0.1) is 0 Å². The van der Waals surface area contributed by atoms with Crippen molar-refractivity contribution in [2.45, 2.75) is 0 Å². The molecule has 0 aliphatic carbocycles. The average Bonchev–Trinajstić information content (AvgIpc) is 2.93. The van der Waals surface area contributed by atoms with Gasteiger partial charge >= 0.3 is 23.1 Å². The zero-order valence-corrected chi connectivity index (χ0v) is 12.8. The van der Waals surface area contributed by atoms with Gasteiger partial charge in [-0.05, 0) is 18.2 Å². The summed E-state index contributed by atoms with van der Waals surface area (Å²) < 4.78 is 0. The fraction of sp³-hybridized carbons (Fsp3) is 0. The smallest absolute Gasteiger partial charge is 1.00 e. The Kier molecular flexibility index (Phi) is 5.36. The zero-order valence-electron chi connectivity index (χ0n) is 13.4. The molecule has 0 spiro atoms. The van der Waals surface area contributed by atoms with E-state index in [2.05, 4.69) is 0 Å². The van der Waals surface area contributed by atoms with E-state index < -0.39 is 23.6 Å². The van der Waals surface area contributed by atoms with Gasteiger partial charge in [-0.1, -0.05) is 6.07 Å². The molecule has 8 heteroatoms. The SMILES string of the molecule is O.O=C1C=CC(=O)N1c1cccc(N2C(=O)C=CC2=O)c1.[H-].[H-].[Mg+2]. The first-order chi connectivity index (χ1) is 9.58. The summed E-state index contributed by atoms with van der Waals surface area (Å²) in [5.41, 5.74) is 0.630. The fourth-order valence-corrected chi connectivity index (χ4v) is 2.08. The summed E-state index contributed by atoms with van der Waals surface area (Å²) in [6, 6.07) is 6.14. The van der Waals surface area contributed by atoms with Crippen LogP contribution in [-0.2, 0) is 19.2 Å². The normalized spacial score (nSPS) is 16.2. The number of nitrogens with zero attached hydrogens (tertiary/aromatic N) is 2. The van der Waals surface area contributed by atoms with Crippen LogP contribution in [-0.4, -0.2) is 52.2 Å². The monoisotopic (exact) mass is 312 g/mol. The van der Waals surface area contributed by atoms with Crippen molar-refractivity contribution in [2.75, 3.05) is 9.80 Å². The molecule has 0 unspecified atom stereocenters. The second kappa shape index (κ2) is 6.65. The van der Waals surface area contributed by atoms with Gasteiger partial charge in [-0.25, -0.2) is 9.80 Å². The van der Waals surface area contributed by atoms with Crippen LogP contribution in [0.1, 0.15) is 2.85 Å². The van der Waals surface area contributed by atoms with Crippen LogP contribution in [0.4, 0.5) is 11.4 Å². The molecule has 2 aliphatic heterocycles. The molecule has 1 aromatic carbocycles. The number of rotatable bonds is 2. The molecule has 7 nitrogen and oxygen atoms in total. The van der Waals surface area contributed by atoms with E-state index in [0.29, 0.717) is 11.4 Å².